The lowest BCUT2D eigenvalue weighted by Crippen LogP contribution is -1.91. The average Bonchev–Trinajstić information content (AvgIpc) is 3.93. The van der Waals surface area contributed by atoms with Crippen LogP contribution in [0.5, 0.6) is 17.2 Å². The van der Waals surface area contributed by atoms with Gasteiger partial charge in [0, 0.05) is 0 Å². The Hall–Kier alpha value is -3.84. The SMILES string of the molecule is C1CO1.C1CO1.C1CO1.C=CCOc1ccccc1.C=CCOc1ccccc1.C=CCOc1ccccc1.CCC.CCC. The predicted molar refractivity (Wildman–Crippen MR) is 191 cm³/mol. The summed E-state index contributed by atoms with van der Waals surface area (Å²) in [6, 6.07) is 29.1. The standard InChI is InChI=1S/3C9H10O.2C3H8.3C2H4O/c3*1-2-8-10-9-6-4-3-5-7-9;2*1-3-2;3*1-2-3-1/h3*2-7H,1,8H2;2*3H2,1-2H3;3*1-2H2. The lowest BCUT2D eigenvalue weighted by Gasteiger charge is -1.99. The number of epoxide rings is 3. The number of para-hydroxylation sites is 3. The predicted octanol–water partition coefficient (Wildman–Crippen LogP) is 9.64. The van der Waals surface area contributed by atoms with E-state index in [4.69, 9.17) is 14.2 Å². The fourth-order valence-corrected chi connectivity index (χ4v) is 2.02. The second-order valence-electron chi connectivity index (χ2n) is 8.99. The van der Waals surface area contributed by atoms with Crippen molar-refractivity contribution in [3.8, 4) is 17.2 Å². The Morgan fingerprint density at radius 1 is 0.444 bits per heavy atom. The van der Waals surface area contributed by atoms with Crippen molar-refractivity contribution in [1.82, 2.24) is 0 Å². The van der Waals surface area contributed by atoms with Crippen molar-refractivity contribution in [1.29, 1.82) is 0 Å². The minimum atomic E-state index is 0.573. The van der Waals surface area contributed by atoms with Crippen LogP contribution < -0.4 is 14.2 Å². The maximum atomic E-state index is 5.24. The molecule has 0 aliphatic carbocycles. The van der Waals surface area contributed by atoms with Gasteiger partial charge in [-0.3, -0.25) is 0 Å². The van der Waals surface area contributed by atoms with Gasteiger partial charge in [-0.1, -0.05) is 133 Å². The van der Waals surface area contributed by atoms with Crippen molar-refractivity contribution < 1.29 is 28.4 Å². The van der Waals surface area contributed by atoms with Crippen molar-refractivity contribution in [2.24, 2.45) is 0 Å². The van der Waals surface area contributed by atoms with Gasteiger partial charge in [0.1, 0.15) is 37.1 Å². The average molecular weight is 623 g/mol. The van der Waals surface area contributed by atoms with Crippen molar-refractivity contribution in [2.45, 2.75) is 40.5 Å². The summed E-state index contributed by atoms with van der Waals surface area (Å²) in [4.78, 5) is 0. The summed E-state index contributed by atoms with van der Waals surface area (Å²) in [6.07, 6.45) is 7.69. The molecule has 0 saturated carbocycles. The molecule has 3 aliphatic heterocycles. The summed E-state index contributed by atoms with van der Waals surface area (Å²) < 4.78 is 29.2. The van der Waals surface area contributed by atoms with Crippen molar-refractivity contribution >= 4 is 0 Å². The summed E-state index contributed by atoms with van der Waals surface area (Å²) in [5.74, 6) is 2.67. The largest absolute Gasteiger partial charge is 0.490 e. The van der Waals surface area contributed by atoms with E-state index in [1.54, 1.807) is 18.2 Å². The van der Waals surface area contributed by atoms with Crippen LogP contribution in [0.25, 0.3) is 0 Å². The molecule has 3 aliphatic rings. The van der Waals surface area contributed by atoms with Crippen molar-refractivity contribution in [2.75, 3.05) is 59.5 Å². The van der Waals surface area contributed by atoms with E-state index in [9.17, 15) is 0 Å². The molecule has 3 heterocycles. The molecular weight excluding hydrogens is 564 g/mol. The monoisotopic (exact) mass is 622 g/mol. The molecule has 0 aromatic heterocycles. The van der Waals surface area contributed by atoms with Gasteiger partial charge in [-0.2, -0.15) is 0 Å². The molecule has 6 rings (SSSR count). The Labute approximate surface area is 274 Å². The lowest BCUT2D eigenvalue weighted by molar-refractivity contribution is 0.363. The topological polar surface area (TPSA) is 65.3 Å². The third kappa shape index (κ3) is 47.3. The van der Waals surface area contributed by atoms with Gasteiger partial charge in [-0.25, -0.2) is 0 Å². The van der Waals surface area contributed by atoms with Crippen LogP contribution in [-0.4, -0.2) is 59.5 Å². The molecular formula is C39H58O6. The van der Waals surface area contributed by atoms with Gasteiger partial charge in [-0.05, 0) is 36.4 Å². The van der Waals surface area contributed by atoms with Gasteiger partial charge in [0.2, 0.25) is 0 Å². The first-order valence-electron chi connectivity index (χ1n) is 15.7. The number of ether oxygens (including phenoxy) is 6. The van der Waals surface area contributed by atoms with Crippen molar-refractivity contribution in [3.63, 3.8) is 0 Å². The van der Waals surface area contributed by atoms with E-state index in [2.05, 4.69) is 61.6 Å². The molecule has 3 aromatic rings. The highest BCUT2D eigenvalue weighted by Crippen LogP contribution is 2.08. The van der Waals surface area contributed by atoms with Gasteiger partial charge in [0.25, 0.3) is 0 Å². The summed E-state index contributed by atoms with van der Waals surface area (Å²) in [5.41, 5.74) is 0. The van der Waals surface area contributed by atoms with E-state index in [-0.39, 0.29) is 0 Å². The van der Waals surface area contributed by atoms with Gasteiger partial charge in [-0.15, -0.1) is 0 Å². The second kappa shape index (κ2) is 38.2. The summed E-state index contributed by atoms with van der Waals surface area (Å²) in [6.45, 7) is 26.9. The Bertz CT molecular complexity index is 837. The van der Waals surface area contributed by atoms with E-state index in [0.717, 1.165) is 56.9 Å². The maximum Gasteiger partial charge on any atom is 0.119 e. The van der Waals surface area contributed by atoms with Crippen LogP contribution in [0.15, 0.2) is 129 Å². The Balaban J connectivity index is 0. The fourth-order valence-electron chi connectivity index (χ4n) is 2.02. The highest BCUT2D eigenvalue weighted by molar-refractivity contribution is 5.22. The molecule has 3 fully saturated rings. The first kappa shape index (κ1) is 43.3. The minimum absolute atomic E-state index is 0.573. The van der Waals surface area contributed by atoms with Gasteiger partial charge in [0.15, 0.2) is 0 Å². The maximum absolute atomic E-state index is 5.24. The smallest absolute Gasteiger partial charge is 0.119 e. The van der Waals surface area contributed by atoms with Crippen LogP contribution in [-0.2, 0) is 14.2 Å². The first-order chi connectivity index (χ1) is 22.1. The van der Waals surface area contributed by atoms with Crippen molar-refractivity contribution in [3.05, 3.63) is 129 Å². The molecule has 0 N–H and O–H groups in total. The molecule has 0 radical (unpaired) electrons. The molecule has 0 unspecified atom stereocenters. The molecule has 3 aromatic carbocycles. The first-order valence-corrected chi connectivity index (χ1v) is 15.7. The van der Waals surface area contributed by atoms with Crippen LogP contribution in [0.3, 0.4) is 0 Å². The summed E-state index contributed by atoms with van der Waals surface area (Å²) >= 11 is 0. The number of hydrogen-bond donors (Lipinski definition) is 0. The van der Waals surface area contributed by atoms with E-state index in [1.165, 1.54) is 12.8 Å². The van der Waals surface area contributed by atoms with Crippen LogP contribution in [0.2, 0.25) is 0 Å². The number of rotatable bonds is 9. The van der Waals surface area contributed by atoms with Crippen LogP contribution in [0, 0.1) is 0 Å². The molecule has 0 atom stereocenters. The Morgan fingerprint density at radius 2 is 0.622 bits per heavy atom. The molecule has 6 heteroatoms. The third-order valence-corrected chi connectivity index (χ3v) is 3.95. The molecule has 0 spiro atoms. The second-order valence-corrected chi connectivity index (χ2v) is 8.99. The number of hydrogen-bond acceptors (Lipinski definition) is 6. The van der Waals surface area contributed by atoms with Crippen LogP contribution in [0.1, 0.15) is 40.5 Å². The Morgan fingerprint density at radius 3 is 0.756 bits per heavy atom. The van der Waals surface area contributed by atoms with E-state index >= 15 is 0 Å². The molecule has 3 saturated heterocycles. The molecule has 45 heavy (non-hydrogen) atoms. The van der Waals surface area contributed by atoms with Gasteiger partial charge >= 0.3 is 0 Å². The number of benzene rings is 3. The van der Waals surface area contributed by atoms with Gasteiger partial charge in [0.05, 0.1) is 39.6 Å². The zero-order valence-corrected chi connectivity index (χ0v) is 28.2. The molecule has 0 amide bonds. The normalized spacial score (nSPS) is 11.5. The highest BCUT2D eigenvalue weighted by Gasteiger charge is 1.94. The van der Waals surface area contributed by atoms with E-state index in [1.807, 2.05) is 91.0 Å². The zero-order valence-electron chi connectivity index (χ0n) is 28.2. The summed E-state index contributed by atoms with van der Waals surface area (Å²) in [7, 11) is 0. The third-order valence-electron chi connectivity index (χ3n) is 3.95. The minimum Gasteiger partial charge on any atom is -0.490 e. The molecule has 0 bridgehead atoms. The highest BCUT2D eigenvalue weighted by atomic mass is 16.6. The van der Waals surface area contributed by atoms with E-state index in [0.29, 0.717) is 19.8 Å². The fraction of sp³-hybridized carbons (Fsp3) is 0.385. The molecule has 250 valence electrons. The van der Waals surface area contributed by atoms with Crippen LogP contribution in [0.4, 0.5) is 0 Å². The van der Waals surface area contributed by atoms with Crippen LogP contribution >= 0.6 is 0 Å². The lowest BCUT2D eigenvalue weighted by atomic mass is 10.3. The molecule has 6 nitrogen and oxygen atoms in total. The summed E-state index contributed by atoms with van der Waals surface area (Å²) in [5, 5.41) is 0. The Kier molecular flexibility index (Phi) is 36.7. The zero-order chi connectivity index (χ0) is 33.5. The quantitative estimate of drug-likeness (QED) is 0.175. The van der Waals surface area contributed by atoms with E-state index < -0.39 is 0 Å². The van der Waals surface area contributed by atoms with Gasteiger partial charge < -0.3 is 28.4 Å².